The van der Waals surface area contributed by atoms with Crippen molar-refractivity contribution < 1.29 is 9.53 Å². The van der Waals surface area contributed by atoms with Gasteiger partial charge >= 0.3 is 6.09 Å². The van der Waals surface area contributed by atoms with E-state index in [-0.39, 0.29) is 18.2 Å². The highest BCUT2D eigenvalue weighted by atomic mass is 16.6. The highest BCUT2D eigenvalue weighted by Gasteiger charge is 2.28. The Bertz CT molecular complexity index is 406. The Balaban J connectivity index is 1.98. The molecule has 0 saturated heterocycles. The molecule has 2 rings (SSSR count). The molecule has 4 nitrogen and oxygen atoms in total. The zero-order valence-electron chi connectivity index (χ0n) is 11.6. The number of hydrogen-bond acceptors (Lipinski definition) is 3. The monoisotopic (exact) mass is 262 g/mol. The summed E-state index contributed by atoms with van der Waals surface area (Å²) in [5.74, 6) is 0. The molecule has 0 bridgehead atoms. The van der Waals surface area contributed by atoms with E-state index in [0.717, 1.165) is 24.9 Å². The summed E-state index contributed by atoms with van der Waals surface area (Å²) in [4.78, 5) is 13.2. The lowest BCUT2D eigenvalue weighted by molar-refractivity contribution is 0.0491. The summed E-state index contributed by atoms with van der Waals surface area (Å²) >= 11 is 0. The second-order valence-corrected chi connectivity index (χ2v) is 5.22. The van der Waals surface area contributed by atoms with Crippen LogP contribution < -0.4 is 5.32 Å². The Kier molecular flexibility index (Phi) is 4.66. The van der Waals surface area contributed by atoms with Crippen LogP contribution in [-0.4, -0.2) is 37.2 Å². The van der Waals surface area contributed by atoms with E-state index in [1.165, 1.54) is 11.3 Å². The lowest BCUT2D eigenvalue weighted by Crippen LogP contribution is -2.41. The maximum absolute atomic E-state index is 11.7. The van der Waals surface area contributed by atoms with Crippen LogP contribution in [0, 0.1) is 0 Å². The number of anilines is 1. The number of carbonyl (C=O) groups is 1. The van der Waals surface area contributed by atoms with Crippen LogP contribution in [0.1, 0.15) is 25.7 Å². The Morgan fingerprint density at radius 3 is 2.58 bits per heavy atom. The van der Waals surface area contributed by atoms with Crippen LogP contribution in [0.3, 0.4) is 0 Å². The van der Waals surface area contributed by atoms with Crippen LogP contribution in [0.15, 0.2) is 30.3 Å². The van der Waals surface area contributed by atoms with E-state index in [0.29, 0.717) is 0 Å². The molecule has 1 saturated carbocycles. The van der Waals surface area contributed by atoms with Crippen molar-refractivity contribution in [3.05, 3.63) is 30.3 Å². The molecule has 0 aliphatic heterocycles. The normalized spacial score (nSPS) is 22.6. The molecule has 0 unspecified atom stereocenters. The molecule has 0 aromatic heterocycles. The summed E-state index contributed by atoms with van der Waals surface area (Å²) in [5, 5.41) is 3.48. The van der Waals surface area contributed by atoms with E-state index in [1.54, 1.807) is 14.1 Å². The van der Waals surface area contributed by atoms with Gasteiger partial charge in [0.1, 0.15) is 6.10 Å². The minimum Gasteiger partial charge on any atom is -0.444 e. The van der Waals surface area contributed by atoms with Crippen LogP contribution in [-0.2, 0) is 4.74 Å². The van der Waals surface area contributed by atoms with Crippen LogP contribution in [0.25, 0.3) is 0 Å². The lowest BCUT2D eigenvalue weighted by atomic mass is 9.92. The number of para-hydroxylation sites is 1. The molecule has 1 aliphatic rings. The highest BCUT2D eigenvalue weighted by molar-refractivity contribution is 5.67. The number of amides is 1. The molecule has 1 aromatic carbocycles. The average molecular weight is 262 g/mol. The number of nitrogens with one attached hydrogen (secondary N) is 1. The quantitative estimate of drug-likeness (QED) is 0.910. The van der Waals surface area contributed by atoms with Crippen molar-refractivity contribution in [1.82, 2.24) is 4.90 Å². The SMILES string of the molecule is CN(C)C(=O)O[C@H]1CCCC[C@@H]1Nc1ccccc1. The molecular formula is C15H22N2O2. The molecule has 1 aromatic rings. The van der Waals surface area contributed by atoms with Gasteiger partial charge in [0.15, 0.2) is 0 Å². The Morgan fingerprint density at radius 1 is 1.21 bits per heavy atom. The van der Waals surface area contributed by atoms with Crippen molar-refractivity contribution in [2.45, 2.75) is 37.8 Å². The number of carbonyl (C=O) groups excluding carboxylic acids is 1. The minimum absolute atomic E-state index is 0.0381. The van der Waals surface area contributed by atoms with E-state index in [1.807, 2.05) is 30.3 Å². The first-order chi connectivity index (χ1) is 9.16. The van der Waals surface area contributed by atoms with Crippen LogP contribution in [0.4, 0.5) is 10.5 Å². The third-order valence-electron chi connectivity index (χ3n) is 3.45. The van der Waals surface area contributed by atoms with Gasteiger partial charge in [0, 0.05) is 19.8 Å². The van der Waals surface area contributed by atoms with Crippen molar-refractivity contribution >= 4 is 11.8 Å². The molecule has 1 amide bonds. The van der Waals surface area contributed by atoms with Crippen molar-refractivity contribution in [3.8, 4) is 0 Å². The van der Waals surface area contributed by atoms with Gasteiger partial charge in [-0.25, -0.2) is 4.79 Å². The molecule has 1 fully saturated rings. The topological polar surface area (TPSA) is 41.6 Å². The first-order valence-corrected chi connectivity index (χ1v) is 6.86. The molecule has 4 heteroatoms. The molecule has 2 atom stereocenters. The predicted molar refractivity (Wildman–Crippen MR) is 76.3 cm³/mol. The summed E-state index contributed by atoms with van der Waals surface area (Å²) in [6, 6.07) is 10.3. The van der Waals surface area contributed by atoms with Crippen LogP contribution in [0.2, 0.25) is 0 Å². The van der Waals surface area contributed by atoms with Gasteiger partial charge in [-0.15, -0.1) is 0 Å². The smallest absolute Gasteiger partial charge is 0.409 e. The van der Waals surface area contributed by atoms with Gasteiger partial charge in [0.05, 0.1) is 6.04 Å². The average Bonchev–Trinajstić information content (AvgIpc) is 2.42. The Labute approximate surface area is 114 Å². The zero-order valence-corrected chi connectivity index (χ0v) is 11.6. The van der Waals surface area contributed by atoms with E-state index in [4.69, 9.17) is 4.74 Å². The maximum atomic E-state index is 11.7. The lowest BCUT2D eigenvalue weighted by Gasteiger charge is -2.33. The van der Waals surface area contributed by atoms with Gasteiger partial charge < -0.3 is 15.0 Å². The molecule has 0 spiro atoms. The molecule has 19 heavy (non-hydrogen) atoms. The van der Waals surface area contributed by atoms with Gasteiger partial charge in [-0.1, -0.05) is 24.6 Å². The summed E-state index contributed by atoms with van der Waals surface area (Å²) in [7, 11) is 3.43. The molecule has 1 aliphatic carbocycles. The van der Waals surface area contributed by atoms with Gasteiger partial charge in [-0.2, -0.15) is 0 Å². The van der Waals surface area contributed by atoms with Crippen LogP contribution in [0.5, 0.6) is 0 Å². The van der Waals surface area contributed by atoms with E-state index < -0.39 is 0 Å². The van der Waals surface area contributed by atoms with E-state index >= 15 is 0 Å². The number of nitrogens with zero attached hydrogens (tertiary/aromatic N) is 1. The predicted octanol–water partition coefficient (Wildman–Crippen LogP) is 3.11. The summed E-state index contributed by atoms with van der Waals surface area (Å²) in [6.45, 7) is 0. The highest BCUT2D eigenvalue weighted by Crippen LogP contribution is 2.25. The zero-order chi connectivity index (χ0) is 13.7. The summed E-state index contributed by atoms with van der Waals surface area (Å²) < 4.78 is 5.56. The Morgan fingerprint density at radius 2 is 1.89 bits per heavy atom. The van der Waals surface area contributed by atoms with Gasteiger partial charge in [-0.3, -0.25) is 0 Å². The fraction of sp³-hybridized carbons (Fsp3) is 0.533. The van der Waals surface area contributed by atoms with E-state index in [9.17, 15) is 4.79 Å². The third-order valence-corrected chi connectivity index (χ3v) is 3.45. The third kappa shape index (κ3) is 3.88. The van der Waals surface area contributed by atoms with Crippen molar-refractivity contribution in [3.63, 3.8) is 0 Å². The molecular weight excluding hydrogens is 240 g/mol. The summed E-state index contributed by atoms with van der Waals surface area (Å²) in [6.07, 6.45) is 3.99. The second kappa shape index (κ2) is 6.45. The van der Waals surface area contributed by atoms with Gasteiger partial charge in [0.25, 0.3) is 0 Å². The molecule has 0 radical (unpaired) electrons. The molecule has 104 valence electrons. The fourth-order valence-electron chi connectivity index (χ4n) is 2.39. The number of rotatable bonds is 3. The standard InChI is InChI=1S/C15H22N2O2/c1-17(2)15(18)19-14-11-7-6-10-13(14)16-12-8-4-3-5-9-12/h3-5,8-9,13-14,16H,6-7,10-11H2,1-2H3/t13-,14-/m0/s1. The van der Waals surface area contributed by atoms with Gasteiger partial charge in [-0.05, 0) is 31.4 Å². The second-order valence-electron chi connectivity index (χ2n) is 5.22. The summed E-state index contributed by atoms with van der Waals surface area (Å²) in [5.41, 5.74) is 1.08. The van der Waals surface area contributed by atoms with Crippen molar-refractivity contribution in [2.75, 3.05) is 19.4 Å². The number of ether oxygens (including phenoxy) is 1. The molecule has 1 N–H and O–H groups in total. The minimum atomic E-state index is -0.258. The fourth-order valence-corrected chi connectivity index (χ4v) is 2.39. The van der Waals surface area contributed by atoms with E-state index in [2.05, 4.69) is 5.32 Å². The first kappa shape index (κ1) is 13.7. The largest absolute Gasteiger partial charge is 0.444 e. The maximum Gasteiger partial charge on any atom is 0.409 e. The van der Waals surface area contributed by atoms with Crippen molar-refractivity contribution in [2.24, 2.45) is 0 Å². The molecule has 0 heterocycles. The number of hydrogen-bond donors (Lipinski definition) is 1. The van der Waals surface area contributed by atoms with Crippen molar-refractivity contribution in [1.29, 1.82) is 0 Å². The number of benzene rings is 1. The Hall–Kier alpha value is -1.71. The van der Waals surface area contributed by atoms with Crippen LogP contribution >= 0.6 is 0 Å². The van der Waals surface area contributed by atoms with Gasteiger partial charge in [0.2, 0.25) is 0 Å². The first-order valence-electron chi connectivity index (χ1n) is 6.86.